The minimum Gasteiger partial charge on any atom is -0.354 e. The highest BCUT2D eigenvalue weighted by Crippen LogP contribution is 2.28. The molecule has 7 nitrogen and oxygen atoms in total. The van der Waals surface area contributed by atoms with Crippen LogP contribution in [0.4, 0.5) is 10.1 Å². The third kappa shape index (κ3) is 9.06. The average Bonchev–Trinajstić information content (AvgIpc) is 3.04. The van der Waals surface area contributed by atoms with E-state index in [2.05, 4.69) is 5.32 Å². The number of nitrogens with zero attached hydrogens (tertiary/aromatic N) is 2. The zero-order chi connectivity index (χ0) is 32.4. The van der Waals surface area contributed by atoms with E-state index in [1.807, 2.05) is 37.3 Å². The Hall–Kier alpha value is -3.92. The summed E-state index contributed by atoms with van der Waals surface area (Å²) in [6, 6.07) is 26.2. The number of rotatable bonds is 14. The van der Waals surface area contributed by atoms with Crippen molar-refractivity contribution in [3.63, 3.8) is 0 Å². The third-order valence-corrected chi connectivity index (χ3v) is 9.50. The summed E-state index contributed by atoms with van der Waals surface area (Å²) in [6.07, 6.45) is 1.80. The number of hydrogen-bond donors (Lipinski definition) is 1. The molecular weight excluding hydrogens is 636 g/mol. The lowest BCUT2D eigenvalue weighted by molar-refractivity contribution is -0.140. The first-order chi connectivity index (χ1) is 21.6. The van der Waals surface area contributed by atoms with E-state index >= 15 is 0 Å². The van der Waals surface area contributed by atoms with Gasteiger partial charge in [-0.05, 0) is 60.0 Å². The molecule has 0 bridgehead atoms. The fourth-order valence-corrected chi connectivity index (χ4v) is 6.46. The quantitative estimate of drug-likeness (QED) is 0.148. The molecule has 4 aromatic carbocycles. The van der Waals surface area contributed by atoms with Crippen LogP contribution in [-0.2, 0) is 32.6 Å². The fraction of sp³-hybridized carbons (Fsp3) is 0.235. The molecular formula is C34H34Cl2FN3O4S. The zero-order valence-electron chi connectivity index (χ0n) is 24.7. The van der Waals surface area contributed by atoms with Gasteiger partial charge < -0.3 is 10.2 Å². The molecule has 236 valence electrons. The summed E-state index contributed by atoms with van der Waals surface area (Å²) >= 11 is 12.2. The molecule has 0 saturated carbocycles. The van der Waals surface area contributed by atoms with Crippen molar-refractivity contribution in [3.8, 4) is 0 Å². The molecule has 0 aliphatic heterocycles. The van der Waals surface area contributed by atoms with Crippen molar-refractivity contribution in [1.29, 1.82) is 0 Å². The van der Waals surface area contributed by atoms with Crippen LogP contribution in [0.2, 0.25) is 10.0 Å². The van der Waals surface area contributed by atoms with Crippen LogP contribution in [0.5, 0.6) is 0 Å². The van der Waals surface area contributed by atoms with Crippen LogP contribution in [-0.4, -0.2) is 44.3 Å². The van der Waals surface area contributed by atoms with Gasteiger partial charge in [0.25, 0.3) is 10.0 Å². The van der Waals surface area contributed by atoms with Crippen molar-refractivity contribution in [2.45, 2.75) is 43.7 Å². The van der Waals surface area contributed by atoms with Crippen LogP contribution in [0.3, 0.4) is 0 Å². The number of carbonyl (C=O) groups excluding carboxylic acids is 2. The van der Waals surface area contributed by atoms with Crippen LogP contribution < -0.4 is 9.62 Å². The molecule has 0 aromatic heterocycles. The SMILES string of the molecule is CCCCNC(=O)[C@@H](Cc1ccccc1)N(Cc1ccc(Cl)cc1)C(=O)CN(c1ccc(F)c(Cl)c1)S(=O)(=O)c1ccccc1. The van der Waals surface area contributed by atoms with E-state index in [4.69, 9.17) is 23.2 Å². The Morgan fingerprint density at radius 1 is 0.867 bits per heavy atom. The van der Waals surface area contributed by atoms with Crippen LogP contribution in [0.15, 0.2) is 108 Å². The molecule has 0 radical (unpaired) electrons. The second-order valence-electron chi connectivity index (χ2n) is 10.4. The molecule has 0 spiro atoms. The van der Waals surface area contributed by atoms with Gasteiger partial charge in [-0.3, -0.25) is 13.9 Å². The van der Waals surface area contributed by atoms with E-state index in [0.717, 1.165) is 34.8 Å². The number of benzene rings is 4. The minimum atomic E-state index is -4.33. The monoisotopic (exact) mass is 669 g/mol. The Bertz CT molecular complexity index is 1690. The first-order valence-electron chi connectivity index (χ1n) is 14.5. The van der Waals surface area contributed by atoms with Crippen molar-refractivity contribution < 1.29 is 22.4 Å². The number of nitrogens with one attached hydrogen (secondary N) is 1. The smallest absolute Gasteiger partial charge is 0.264 e. The van der Waals surface area contributed by atoms with Crippen LogP contribution in [0.25, 0.3) is 0 Å². The average molecular weight is 671 g/mol. The Balaban J connectivity index is 1.79. The molecule has 0 aliphatic rings. The van der Waals surface area contributed by atoms with Crippen LogP contribution in [0, 0.1) is 5.82 Å². The van der Waals surface area contributed by atoms with Crippen molar-refractivity contribution >= 4 is 50.7 Å². The molecule has 1 N–H and O–H groups in total. The normalized spacial score (nSPS) is 11.9. The maximum Gasteiger partial charge on any atom is 0.264 e. The summed E-state index contributed by atoms with van der Waals surface area (Å²) in [5.74, 6) is -1.74. The largest absolute Gasteiger partial charge is 0.354 e. The second-order valence-corrected chi connectivity index (χ2v) is 13.1. The highest BCUT2D eigenvalue weighted by atomic mass is 35.5. The lowest BCUT2D eigenvalue weighted by Gasteiger charge is -2.34. The first kappa shape index (κ1) is 34.0. The summed E-state index contributed by atoms with van der Waals surface area (Å²) in [5, 5.41) is 3.14. The Morgan fingerprint density at radius 3 is 2.13 bits per heavy atom. The summed E-state index contributed by atoms with van der Waals surface area (Å²) in [7, 11) is -4.33. The zero-order valence-corrected chi connectivity index (χ0v) is 27.0. The van der Waals surface area contributed by atoms with Gasteiger partial charge in [-0.1, -0.05) is 97.2 Å². The van der Waals surface area contributed by atoms with E-state index in [9.17, 15) is 22.4 Å². The van der Waals surface area contributed by atoms with Gasteiger partial charge in [0.2, 0.25) is 11.8 Å². The molecule has 1 atom stereocenters. The van der Waals surface area contributed by atoms with Crippen LogP contribution >= 0.6 is 23.2 Å². The molecule has 4 rings (SSSR count). The third-order valence-electron chi connectivity index (χ3n) is 7.17. The van der Waals surface area contributed by atoms with Crippen molar-refractivity contribution in [2.24, 2.45) is 0 Å². The van der Waals surface area contributed by atoms with Gasteiger partial charge >= 0.3 is 0 Å². The van der Waals surface area contributed by atoms with E-state index in [-0.39, 0.29) is 34.5 Å². The fourth-order valence-electron chi connectivity index (χ4n) is 4.74. The highest BCUT2D eigenvalue weighted by Gasteiger charge is 2.34. The predicted octanol–water partition coefficient (Wildman–Crippen LogP) is 6.88. The number of carbonyl (C=O) groups is 2. The summed E-state index contributed by atoms with van der Waals surface area (Å²) in [6.45, 7) is 1.75. The maximum absolute atomic E-state index is 14.4. The molecule has 0 saturated heterocycles. The lowest BCUT2D eigenvalue weighted by Crippen LogP contribution is -2.53. The lowest BCUT2D eigenvalue weighted by atomic mass is 10.0. The Labute approximate surface area is 273 Å². The van der Waals surface area contributed by atoms with Crippen molar-refractivity contribution in [2.75, 3.05) is 17.4 Å². The molecule has 0 heterocycles. The molecule has 0 aliphatic carbocycles. The van der Waals surface area contributed by atoms with Gasteiger partial charge in [0.05, 0.1) is 15.6 Å². The molecule has 45 heavy (non-hydrogen) atoms. The van der Waals surface area contributed by atoms with E-state index in [1.54, 1.807) is 42.5 Å². The second kappa shape index (κ2) is 15.9. The number of halogens is 3. The molecule has 2 amide bonds. The minimum absolute atomic E-state index is 0.00189. The van der Waals surface area contributed by atoms with Gasteiger partial charge in [0, 0.05) is 24.5 Å². The molecule has 0 unspecified atom stereocenters. The van der Waals surface area contributed by atoms with E-state index in [0.29, 0.717) is 17.1 Å². The van der Waals surface area contributed by atoms with Gasteiger partial charge in [0.15, 0.2) is 0 Å². The van der Waals surface area contributed by atoms with Gasteiger partial charge in [-0.25, -0.2) is 12.8 Å². The van der Waals surface area contributed by atoms with Gasteiger partial charge in [-0.15, -0.1) is 0 Å². The highest BCUT2D eigenvalue weighted by molar-refractivity contribution is 7.92. The topological polar surface area (TPSA) is 86.8 Å². The number of hydrogen-bond acceptors (Lipinski definition) is 4. The first-order valence-corrected chi connectivity index (χ1v) is 16.7. The summed E-state index contributed by atoms with van der Waals surface area (Å²) < 4.78 is 43.0. The Kier molecular flexibility index (Phi) is 12.0. The summed E-state index contributed by atoms with van der Waals surface area (Å²) in [4.78, 5) is 29.5. The van der Waals surface area contributed by atoms with E-state index in [1.165, 1.54) is 23.1 Å². The van der Waals surface area contributed by atoms with Crippen LogP contribution in [0.1, 0.15) is 30.9 Å². The van der Waals surface area contributed by atoms with Crippen molar-refractivity contribution in [3.05, 3.63) is 130 Å². The maximum atomic E-state index is 14.4. The number of unbranched alkanes of at least 4 members (excludes halogenated alkanes) is 1. The predicted molar refractivity (Wildman–Crippen MR) is 176 cm³/mol. The molecule has 4 aromatic rings. The van der Waals surface area contributed by atoms with E-state index < -0.39 is 34.3 Å². The standard InChI is InChI=1S/C34H34Cl2FN3O4S/c1-2-3-20-38-34(42)32(21-25-10-6-4-7-11-25)39(23-26-14-16-27(35)17-15-26)33(41)24-40(28-18-19-31(37)30(36)22-28)45(43,44)29-12-8-5-9-13-29/h4-19,22,32H,2-3,20-21,23-24H2,1H3,(H,38,42)/t32-/m1/s1. The van der Waals surface area contributed by atoms with Crippen molar-refractivity contribution in [1.82, 2.24) is 10.2 Å². The summed E-state index contributed by atoms with van der Waals surface area (Å²) in [5.41, 5.74) is 1.51. The number of amides is 2. The molecule has 11 heteroatoms. The number of sulfonamides is 1. The van der Waals surface area contributed by atoms with Gasteiger partial charge in [-0.2, -0.15) is 0 Å². The molecule has 0 fully saturated rings. The Morgan fingerprint density at radius 2 is 1.51 bits per heavy atom. The number of anilines is 1. The van der Waals surface area contributed by atoms with Gasteiger partial charge in [0.1, 0.15) is 18.4 Å².